The molecule has 0 spiro atoms. The second-order valence-electron chi connectivity index (χ2n) is 3.66. The number of benzene rings is 1. The van der Waals surface area contributed by atoms with Gasteiger partial charge in [-0.15, -0.1) is 0 Å². The Balaban J connectivity index is -0.000000383. The molecule has 1 aromatic carbocycles. The standard InChI is InChI=1S/C12H8N2.Cu.2NO3.2H2O/c1-3-9-5-6-10-4-2-8-14-12(10)11(9)13-7-1;;2*2-1(3)4;;/h1-8H;;;;2*1H2/q;+2;2*-1;;/p+2. The molecule has 0 bridgehead atoms. The van der Waals surface area contributed by atoms with Crippen LogP contribution in [0.3, 0.4) is 0 Å². The van der Waals surface area contributed by atoms with Crippen molar-refractivity contribution in [3.8, 4) is 0 Å². The Morgan fingerprint density at radius 1 is 0.680 bits per heavy atom. The van der Waals surface area contributed by atoms with Crippen molar-refractivity contribution in [1.29, 1.82) is 0 Å². The second-order valence-corrected chi connectivity index (χ2v) is 3.66. The fourth-order valence-corrected chi connectivity index (χ4v) is 1.68. The molecule has 0 saturated carbocycles. The van der Waals surface area contributed by atoms with Gasteiger partial charge in [0.1, 0.15) is 0 Å². The summed E-state index contributed by atoms with van der Waals surface area (Å²) in [5.74, 6) is 0. The molecule has 0 unspecified atom stereocenters. The minimum Gasteiger partial charge on any atom is -0.457 e. The number of fused-ring (bicyclic) bond motifs is 3. The summed E-state index contributed by atoms with van der Waals surface area (Å²) in [5.41, 5.74) is 1.95. The predicted octanol–water partition coefficient (Wildman–Crippen LogP) is 0.458. The summed E-state index contributed by atoms with van der Waals surface area (Å²) in [4.78, 5) is 25.2. The first kappa shape index (κ1) is 26.8. The van der Waals surface area contributed by atoms with Gasteiger partial charge in [-0.05, 0) is 12.1 Å². The molecule has 139 valence electrons. The SMILES string of the molecule is O=[N+]([O-])[O-].O=[N+]([O-])[O-].[Cu+2].[OH3+].[OH3+].c1cnc2c(c1)ccc1cccnc12. The van der Waals surface area contributed by atoms with E-state index in [1.165, 1.54) is 0 Å². The predicted molar refractivity (Wildman–Crippen MR) is 87.5 cm³/mol. The molecule has 0 aliphatic heterocycles. The molecule has 6 N–H and O–H groups in total. The summed E-state index contributed by atoms with van der Waals surface area (Å²) in [6.07, 6.45) is 3.60. The first-order valence-corrected chi connectivity index (χ1v) is 5.63. The molecule has 2 heterocycles. The van der Waals surface area contributed by atoms with Crippen molar-refractivity contribution in [2.24, 2.45) is 0 Å². The molecule has 0 aliphatic rings. The number of hydrogen-bond donors (Lipinski definition) is 0. The van der Waals surface area contributed by atoms with E-state index in [0.717, 1.165) is 21.8 Å². The summed E-state index contributed by atoms with van der Waals surface area (Å²) in [6, 6.07) is 12.1. The number of pyridine rings is 2. The minimum atomic E-state index is -1.75. The van der Waals surface area contributed by atoms with Crippen LogP contribution in [0.5, 0.6) is 0 Å². The average molecular weight is 406 g/mol. The van der Waals surface area contributed by atoms with Gasteiger partial charge in [-0.1, -0.05) is 24.3 Å². The molecular weight excluding hydrogens is 392 g/mol. The zero-order valence-corrected chi connectivity index (χ0v) is 13.3. The Kier molecular flexibility index (Phi) is 14.3. The van der Waals surface area contributed by atoms with Gasteiger partial charge in [-0.3, -0.25) is 9.97 Å². The molecule has 3 aromatic rings. The smallest absolute Gasteiger partial charge is 0.457 e. The van der Waals surface area contributed by atoms with E-state index in [0.29, 0.717) is 0 Å². The fourth-order valence-electron chi connectivity index (χ4n) is 1.68. The van der Waals surface area contributed by atoms with Crippen LogP contribution in [0.15, 0.2) is 48.8 Å². The van der Waals surface area contributed by atoms with Crippen molar-refractivity contribution in [3.05, 3.63) is 79.4 Å². The van der Waals surface area contributed by atoms with Crippen LogP contribution in [-0.4, -0.2) is 20.1 Å². The number of nitrogens with zero attached hydrogens (tertiary/aromatic N) is 4. The van der Waals surface area contributed by atoms with Crippen molar-refractivity contribution < 1.29 is 38.2 Å². The van der Waals surface area contributed by atoms with Gasteiger partial charge in [-0.25, -0.2) is 0 Å². The average Bonchev–Trinajstić information content (AvgIpc) is 2.46. The minimum absolute atomic E-state index is 0. The molecule has 2 aromatic heterocycles. The number of rotatable bonds is 0. The van der Waals surface area contributed by atoms with E-state index in [4.69, 9.17) is 30.6 Å². The van der Waals surface area contributed by atoms with E-state index < -0.39 is 10.2 Å². The summed E-state index contributed by atoms with van der Waals surface area (Å²) >= 11 is 0. The third kappa shape index (κ3) is 9.57. The Labute approximate surface area is 150 Å². The second kappa shape index (κ2) is 13.3. The molecule has 0 saturated heterocycles. The molecular formula is C12H14CuN4O8+2. The van der Waals surface area contributed by atoms with Gasteiger partial charge in [0, 0.05) is 23.2 Å². The van der Waals surface area contributed by atoms with Gasteiger partial charge < -0.3 is 41.6 Å². The van der Waals surface area contributed by atoms with E-state index in [9.17, 15) is 0 Å². The summed E-state index contributed by atoms with van der Waals surface area (Å²) < 4.78 is 0. The number of hydrogen-bond acceptors (Lipinski definition) is 8. The molecule has 3 rings (SSSR count). The Hall–Kier alpha value is -3.12. The molecule has 12 nitrogen and oxygen atoms in total. The van der Waals surface area contributed by atoms with Crippen LogP contribution in [0.25, 0.3) is 21.8 Å². The maximum absolute atomic E-state index is 8.25. The van der Waals surface area contributed by atoms with Crippen LogP contribution in [0.2, 0.25) is 0 Å². The van der Waals surface area contributed by atoms with E-state index in [2.05, 4.69) is 34.2 Å². The summed E-state index contributed by atoms with van der Waals surface area (Å²) in [5, 5.41) is 31.8. The first-order chi connectivity index (χ1) is 10.4. The Bertz CT molecular complexity index is 729. The zero-order valence-electron chi connectivity index (χ0n) is 12.3. The Morgan fingerprint density at radius 2 is 0.960 bits per heavy atom. The summed E-state index contributed by atoms with van der Waals surface area (Å²) in [6.45, 7) is 0. The Morgan fingerprint density at radius 3 is 1.24 bits per heavy atom. The first-order valence-electron chi connectivity index (χ1n) is 5.63. The molecule has 0 atom stereocenters. The summed E-state index contributed by atoms with van der Waals surface area (Å²) in [7, 11) is 0. The molecule has 0 fully saturated rings. The van der Waals surface area contributed by atoms with Crippen molar-refractivity contribution in [3.63, 3.8) is 0 Å². The molecule has 25 heavy (non-hydrogen) atoms. The molecule has 1 radical (unpaired) electrons. The quantitative estimate of drug-likeness (QED) is 0.167. The van der Waals surface area contributed by atoms with Crippen LogP contribution in [0.4, 0.5) is 0 Å². The zero-order chi connectivity index (χ0) is 16.5. The maximum Gasteiger partial charge on any atom is 2.00 e. The molecule has 0 amide bonds. The van der Waals surface area contributed by atoms with Gasteiger partial charge in [-0.2, -0.15) is 0 Å². The maximum atomic E-state index is 8.25. The third-order valence-electron chi connectivity index (χ3n) is 2.34. The fraction of sp³-hybridized carbons (Fsp3) is 0. The number of aromatic nitrogens is 2. The van der Waals surface area contributed by atoms with Crippen molar-refractivity contribution >= 4 is 21.8 Å². The monoisotopic (exact) mass is 405 g/mol. The van der Waals surface area contributed by atoms with Crippen molar-refractivity contribution in [2.45, 2.75) is 0 Å². The normalized spacial score (nSPS) is 8.00. The topological polar surface area (TPSA) is 224 Å². The van der Waals surface area contributed by atoms with E-state index in [1.807, 2.05) is 12.1 Å². The van der Waals surface area contributed by atoms with E-state index in [1.54, 1.807) is 12.4 Å². The van der Waals surface area contributed by atoms with Gasteiger partial charge in [0.05, 0.1) is 21.2 Å². The van der Waals surface area contributed by atoms with Crippen LogP contribution < -0.4 is 0 Å². The van der Waals surface area contributed by atoms with Crippen LogP contribution >= 0.6 is 0 Å². The largest absolute Gasteiger partial charge is 2.00 e. The van der Waals surface area contributed by atoms with Crippen molar-refractivity contribution in [2.75, 3.05) is 0 Å². The van der Waals surface area contributed by atoms with Gasteiger partial charge in [0.25, 0.3) is 0 Å². The van der Waals surface area contributed by atoms with Crippen LogP contribution in [-0.2, 0) is 28.0 Å². The van der Waals surface area contributed by atoms with Gasteiger partial charge >= 0.3 is 17.1 Å². The molecule has 13 heteroatoms. The third-order valence-corrected chi connectivity index (χ3v) is 2.34. The van der Waals surface area contributed by atoms with Gasteiger partial charge in [0.2, 0.25) is 0 Å². The van der Waals surface area contributed by atoms with Crippen LogP contribution in [0.1, 0.15) is 0 Å². The van der Waals surface area contributed by atoms with Crippen molar-refractivity contribution in [1.82, 2.24) is 9.97 Å². The van der Waals surface area contributed by atoms with E-state index >= 15 is 0 Å². The van der Waals surface area contributed by atoms with E-state index in [-0.39, 0.29) is 28.0 Å². The van der Waals surface area contributed by atoms with Crippen LogP contribution in [0, 0.1) is 30.6 Å². The molecule has 0 aliphatic carbocycles. The van der Waals surface area contributed by atoms with Gasteiger partial charge in [0.15, 0.2) is 0 Å².